The molecule has 1 heterocycles. The summed E-state index contributed by atoms with van der Waals surface area (Å²) in [7, 11) is 1.51. The molecule has 0 radical (unpaired) electrons. The van der Waals surface area contributed by atoms with Crippen LogP contribution in [-0.2, 0) is 14.3 Å². The minimum Gasteiger partial charge on any atom is -0.493 e. The Morgan fingerprint density at radius 2 is 1.72 bits per heavy atom. The molecule has 0 bridgehead atoms. The number of benzene rings is 1. The second kappa shape index (κ2) is 7.96. The van der Waals surface area contributed by atoms with Gasteiger partial charge in [0.2, 0.25) is 0 Å². The first kappa shape index (κ1) is 19.6. The Balaban J connectivity index is 1.88. The topological polar surface area (TPSA) is 61.8 Å². The highest BCUT2D eigenvalue weighted by molar-refractivity contribution is 6.32. The van der Waals surface area contributed by atoms with Crippen LogP contribution in [-0.4, -0.2) is 25.3 Å². The van der Waals surface area contributed by atoms with E-state index in [4.69, 9.17) is 32.2 Å². The standard InChI is InChI=1S/C23H21ClO5/c1-3-10-28-23-14(24)11-13(12-19(23)27-2)20-21-15(25)6-4-8-17(21)29-18-9-5-7-16(26)22(18)20/h1,11-12,20H,4-10H2,2H3. The summed E-state index contributed by atoms with van der Waals surface area (Å²) >= 11 is 6.48. The Morgan fingerprint density at radius 1 is 1.10 bits per heavy atom. The van der Waals surface area contributed by atoms with Crippen molar-refractivity contribution in [2.24, 2.45) is 0 Å². The van der Waals surface area contributed by atoms with Crippen LogP contribution in [0.5, 0.6) is 11.5 Å². The van der Waals surface area contributed by atoms with Gasteiger partial charge in [0, 0.05) is 42.7 Å². The summed E-state index contributed by atoms with van der Waals surface area (Å²) in [6.07, 6.45) is 9.07. The summed E-state index contributed by atoms with van der Waals surface area (Å²) in [5.74, 6) is 4.06. The predicted octanol–water partition coefficient (Wildman–Crippen LogP) is 4.49. The molecule has 0 atom stereocenters. The van der Waals surface area contributed by atoms with Crippen LogP contribution >= 0.6 is 11.6 Å². The van der Waals surface area contributed by atoms with Crippen molar-refractivity contribution in [1.82, 2.24) is 0 Å². The number of ether oxygens (including phenoxy) is 3. The SMILES string of the molecule is C#CCOc1c(Cl)cc(C2C3=C(CCCC3=O)OC3=C2C(=O)CCC3)cc1OC. The molecule has 0 spiro atoms. The number of halogens is 1. The molecular weight excluding hydrogens is 392 g/mol. The van der Waals surface area contributed by atoms with Crippen LogP contribution in [0, 0.1) is 12.3 Å². The quantitative estimate of drug-likeness (QED) is 0.682. The number of allylic oxidation sites excluding steroid dienone is 4. The van der Waals surface area contributed by atoms with Crippen molar-refractivity contribution < 1.29 is 23.8 Å². The molecule has 150 valence electrons. The Kier molecular flexibility index (Phi) is 5.38. The number of hydrogen-bond donors (Lipinski definition) is 0. The van der Waals surface area contributed by atoms with E-state index in [0.717, 1.165) is 12.8 Å². The molecule has 0 fully saturated rings. The van der Waals surface area contributed by atoms with Gasteiger partial charge >= 0.3 is 0 Å². The number of methoxy groups -OCH3 is 1. The van der Waals surface area contributed by atoms with Gasteiger partial charge in [-0.15, -0.1) is 6.42 Å². The van der Waals surface area contributed by atoms with E-state index in [-0.39, 0.29) is 18.2 Å². The lowest BCUT2D eigenvalue weighted by Crippen LogP contribution is -2.30. The van der Waals surface area contributed by atoms with Gasteiger partial charge in [0.25, 0.3) is 0 Å². The van der Waals surface area contributed by atoms with Crippen molar-refractivity contribution in [3.05, 3.63) is 45.4 Å². The van der Waals surface area contributed by atoms with E-state index in [1.54, 1.807) is 12.1 Å². The van der Waals surface area contributed by atoms with Crippen LogP contribution in [0.25, 0.3) is 0 Å². The van der Waals surface area contributed by atoms with Crippen LogP contribution < -0.4 is 9.47 Å². The van der Waals surface area contributed by atoms with Crippen LogP contribution in [0.3, 0.4) is 0 Å². The second-order valence-corrected chi connectivity index (χ2v) is 7.70. The number of rotatable bonds is 4. The van der Waals surface area contributed by atoms with Crippen molar-refractivity contribution in [3.8, 4) is 23.8 Å². The lowest BCUT2D eigenvalue weighted by Gasteiger charge is -2.36. The highest BCUT2D eigenvalue weighted by Crippen LogP contribution is 2.50. The molecule has 4 rings (SSSR count). The molecule has 1 aromatic rings. The summed E-state index contributed by atoms with van der Waals surface area (Å²) in [4.78, 5) is 25.7. The first-order chi connectivity index (χ1) is 14.0. The Hall–Kier alpha value is -2.71. The van der Waals surface area contributed by atoms with Crippen molar-refractivity contribution in [2.75, 3.05) is 13.7 Å². The summed E-state index contributed by atoms with van der Waals surface area (Å²) in [6, 6.07) is 3.50. The highest BCUT2D eigenvalue weighted by Gasteiger charge is 2.42. The first-order valence-corrected chi connectivity index (χ1v) is 10.1. The molecule has 5 nitrogen and oxygen atoms in total. The first-order valence-electron chi connectivity index (χ1n) is 9.69. The molecule has 1 aliphatic heterocycles. The lowest BCUT2D eigenvalue weighted by atomic mass is 9.73. The normalized spacial score (nSPS) is 19.3. The third-order valence-electron chi connectivity index (χ3n) is 5.53. The third-order valence-corrected chi connectivity index (χ3v) is 5.81. The summed E-state index contributed by atoms with van der Waals surface area (Å²) in [5, 5.41) is 0.317. The summed E-state index contributed by atoms with van der Waals surface area (Å²) < 4.78 is 17.1. The summed E-state index contributed by atoms with van der Waals surface area (Å²) in [5.41, 5.74) is 1.86. The fourth-order valence-electron chi connectivity index (χ4n) is 4.31. The van der Waals surface area contributed by atoms with Crippen molar-refractivity contribution in [2.45, 2.75) is 44.4 Å². The molecule has 0 saturated carbocycles. The Labute approximate surface area is 174 Å². The highest BCUT2D eigenvalue weighted by atomic mass is 35.5. The van der Waals surface area contributed by atoms with Crippen LogP contribution in [0.2, 0.25) is 5.02 Å². The van der Waals surface area contributed by atoms with Gasteiger partial charge in [-0.2, -0.15) is 0 Å². The van der Waals surface area contributed by atoms with E-state index >= 15 is 0 Å². The molecule has 0 unspecified atom stereocenters. The predicted molar refractivity (Wildman–Crippen MR) is 108 cm³/mol. The molecule has 0 amide bonds. The zero-order valence-corrected chi connectivity index (χ0v) is 16.9. The van der Waals surface area contributed by atoms with Crippen LogP contribution in [0.1, 0.15) is 50.0 Å². The number of terminal acetylenes is 1. The number of carbonyl (C=O) groups is 2. The summed E-state index contributed by atoms with van der Waals surface area (Å²) in [6.45, 7) is 0.0499. The monoisotopic (exact) mass is 412 g/mol. The maximum absolute atomic E-state index is 12.9. The number of carbonyl (C=O) groups excluding carboxylic acids is 2. The van der Waals surface area contributed by atoms with E-state index in [2.05, 4.69) is 5.92 Å². The smallest absolute Gasteiger partial charge is 0.181 e. The minimum atomic E-state index is -0.498. The van der Waals surface area contributed by atoms with E-state index in [0.29, 0.717) is 70.4 Å². The zero-order valence-electron chi connectivity index (χ0n) is 16.2. The van der Waals surface area contributed by atoms with Gasteiger partial charge in [-0.25, -0.2) is 0 Å². The van der Waals surface area contributed by atoms with Gasteiger partial charge in [-0.1, -0.05) is 17.5 Å². The minimum absolute atomic E-state index is 0.0175. The molecule has 3 aliphatic rings. The molecular formula is C23H21ClO5. The van der Waals surface area contributed by atoms with Crippen molar-refractivity contribution in [3.63, 3.8) is 0 Å². The fraction of sp³-hybridized carbons (Fsp3) is 0.391. The van der Waals surface area contributed by atoms with Gasteiger partial charge in [-0.05, 0) is 30.5 Å². The molecule has 29 heavy (non-hydrogen) atoms. The van der Waals surface area contributed by atoms with Crippen molar-refractivity contribution in [1.29, 1.82) is 0 Å². The Morgan fingerprint density at radius 3 is 2.28 bits per heavy atom. The third kappa shape index (κ3) is 3.42. The van der Waals surface area contributed by atoms with Gasteiger partial charge < -0.3 is 14.2 Å². The van der Waals surface area contributed by atoms with Gasteiger partial charge in [0.1, 0.15) is 18.1 Å². The van der Waals surface area contributed by atoms with Gasteiger partial charge in [0.05, 0.1) is 12.1 Å². The molecule has 6 heteroatoms. The molecule has 1 aromatic carbocycles. The molecule has 0 saturated heterocycles. The molecule has 0 aromatic heterocycles. The van der Waals surface area contributed by atoms with Gasteiger partial charge in [-0.3, -0.25) is 9.59 Å². The fourth-order valence-corrected chi connectivity index (χ4v) is 4.59. The van der Waals surface area contributed by atoms with E-state index in [1.165, 1.54) is 7.11 Å². The number of hydrogen-bond acceptors (Lipinski definition) is 5. The largest absolute Gasteiger partial charge is 0.493 e. The average molecular weight is 413 g/mol. The maximum Gasteiger partial charge on any atom is 0.181 e. The molecule has 0 N–H and O–H groups in total. The Bertz CT molecular complexity index is 953. The lowest BCUT2D eigenvalue weighted by molar-refractivity contribution is -0.117. The number of Topliss-reactive ketones (excluding diaryl/α,β-unsaturated/α-hetero) is 2. The number of ketones is 2. The van der Waals surface area contributed by atoms with E-state index in [1.807, 2.05) is 0 Å². The zero-order chi connectivity index (χ0) is 20.5. The molecule has 2 aliphatic carbocycles. The van der Waals surface area contributed by atoms with E-state index in [9.17, 15) is 9.59 Å². The van der Waals surface area contributed by atoms with Crippen molar-refractivity contribution >= 4 is 23.2 Å². The maximum atomic E-state index is 12.9. The van der Waals surface area contributed by atoms with Crippen LogP contribution in [0.4, 0.5) is 0 Å². The second-order valence-electron chi connectivity index (χ2n) is 7.29. The van der Waals surface area contributed by atoms with Gasteiger partial charge in [0.15, 0.2) is 23.1 Å². The average Bonchev–Trinajstić information content (AvgIpc) is 2.71. The van der Waals surface area contributed by atoms with Crippen LogP contribution in [0.15, 0.2) is 34.8 Å². The van der Waals surface area contributed by atoms with E-state index < -0.39 is 5.92 Å².